The molecule has 0 radical (unpaired) electrons. The van der Waals surface area contributed by atoms with Gasteiger partial charge in [0.05, 0.1) is 5.56 Å². The van der Waals surface area contributed by atoms with E-state index in [1.165, 1.54) is 0 Å². The highest BCUT2D eigenvalue weighted by Gasteiger charge is 2.40. The van der Waals surface area contributed by atoms with Crippen LogP contribution >= 0.6 is 0 Å². The summed E-state index contributed by atoms with van der Waals surface area (Å²) in [4.78, 5) is 55.2. The van der Waals surface area contributed by atoms with E-state index >= 15 is 0 Å². The van der Waals surface area contributed by atoms with Gasteiger partial charge in [0.15, 0.2) is 6.61 Å². The van der Waals surface area contributed by atoms with Gasteiger partial charge in [-0.2, -0.15) is 0 Å². The summed E-state index contributed by atoms with van der Waals surface area (Å²) in [6.07, 6.45) is 1.34. The largest absolute Gasteiger partial charge is 0.483 e. The van der Waals surface area contributed by atoms with E-state index in [4.69, 9.17) is 4.74 Å². The molecule has 1 aliphatic rings. The van der Waals surface area contributed by atoms with Crippen LogP contribution in [-0.2, 0) is 14.4 Å². The molecule has 0 bridgehead atoms. The van der Waals surface area contributed by atoms with E-state index in [-0.39, 0.29) is 47.6 Å². The zero-order valence-corrected chi connectivity index (χ0v) is 22.9. The fourth-order valence-corrected chi connectivity index (χ4v) is 4.07. The van der Waals surface area contributed by atoms with Gasteiger partial charge in [-0.1, -0.05) is 26.0 Å². The predicted molar refractivity (Wildman–Crippen MR) is 139 cm³/mol. The standard InChI is InChI=1S/C27H42N4O5/c1-17(2)23(26(35)31-15-11-13-20(31)25(34)30(8)18(3)4)28-24(33)19-12-9-10-14-21(19)36-16-22(32)29-27(5,6)7/h9-10,12,14,17-18,20,23H,11,13,15-16H2,1-8H3,(H,28,33)(H,29,32). The van der Waals surface area contributed by atoms with Crippen LogP contribution in [0.1, 0.15) is 71.7 Å². The first-order valence-corrected chi connectivity index (χ1v) is 12.6. The van der Waals surface area contributed by atoms with Crippen LogP contribution in [0.3, 0.4) is 0 Å². The Hall–Kier alpha value is -3.10. The van der Waals surface area contributed by atoms with Crippen molar-refractivity contribution in [1.29, 1.82) is 0 Å². The summed E-state index contributed by atoms with van der Waals surface area (Å²) in [5.74, 6) is -1.08. The number of hydrogen-bond acceptors (Lipinski definition) is 5. The minimum absolute atomic E-state index is 0.0256. The van der Waals surface area contributed by atoms with Gasteiger partial charge in [-0.3, -0.25) is 19.2 Å². The number of benzene rings is 1. The first-order chi connectivity index (χ1) is 16.7. The predicted octanol–water partition coefficient (Wildman–Crippen LogP) is 2.59. The summed E-state index contributed by atoms with van der Waals surface area (Å²) in [5.41, 5.74) is -0.172. The van der Waals surface area contributed by atoms with E-state index in [0.717, 1.165) is 6.42 Å². The number of hydrogen-bond donors (Lipinski definition) is 2. The van der Waals surface area contributed by atoms with Gasteiger partial charge < -0.3 is 25.2 Å². The number of likely N-dealkylation sites (tertiary alicyclic amines) is 1. The van der Waals surface area contributed by atoms with Gasteiger partial charge >= 0.3 is 0 Å². The van der Waals surface area contributed by atoms with Crippen LogP contribution in [0, 0.1) is 5.92 Å². The number of nitrogens with zero attached hydrogens (tertiary/aromatic N) is 2. The molecule has 1 saturated heterocycles. The Morgan fingerprint density at radius 2 is 1.75 bits per heavy atom. The Bertz CT molecular complexity index is 954. The van der Waals surface area contributed by atoms with Crippen LogP contribution in [0.2, 0.25) is 0 Å². The maximum absolute atomic E-state index is 13.6. The Kier molecular flexibility index (Phi) is 9.90. The van der Waals surface area contributed by atoms with Crippen molar-refractivity contribution in [3.8, 4) is 5.75 Å². The zero-order chi connectivity index (χ0) is 27.2. The maximum atomic E-state index is 13.6. The molecule has 1 fully saturated rings. The number of rotatable bonds is 9. The monoisotopic (exact) mass is 502 g/mol. The molecule has 9 heteroatoms. The second-order valence-electron chi connectivity index (χ2n) is 11.0. The van der Waals surface area contributed by atoms with Crippen molar-refractivity contribution < 1.29 is 23.9 Å². The Morgan fingerprint density at radius 3 is 2.33 bits per heavy atom. The number of para-hydroxylation sites is 1. The molecule has 0 aliphatic carbocycles. The van der Waals surface area contributed by atoms with Crippen molar-refractivity contribution >= 4 is 23.6 Å². The molecule has 200 valence electrons. The van der Waals surface area contributed by atoms with E-state index in [2.05, 4.69) is 10.6 Å². The fraction of sp³-hybridized carbons (Fsp3) is 0.630. The topological polar surface area (TPSA) is 108 Å². The number of carbonyl (C=O) groups excluding carboxylic acids is 4. The first kappa shape index (κ1) is 29.1. The average molecular weight is 503 g/mol. The SMILES string of the molecule is CC(C)C(NC(=O)c1ccccc1OCC(=O)NC(C)(C)C)C(=O)N1CCCC1C(=O)N(C)C(C)C. The lowest BCUT2D eigenvalue weighted by Gasteiger charge is -2.33. The summed E-state index contributed by atoms with van der Waals surface area (Å²) in [6, 6.07) is 5.30. The van der Waals surface area contributed by atoms with Crippen LogP contribution in [0.5, 0.6) is 5.75 Å². The van der Waals surface area contributed by atoms with Gasteiger partial charge in [-0.05, 0) is 65.5 Å². The highest BCUT2D eigenvalue weighted by Crippen LogP contribution is 2.23. The second kappa shape index (κ2) is 12.2. The zero-order valence-electron chi connectivity index (χ0n) is 22.9. The first-order valence-electron chi connectivity index (χ1n) is 12.6. The van der Waals surface area contributed by atoms with E-state index < -0.39 is 23.5 Å². The summed E-state index contributed by atoms with van der Waals surface area (Å²) in [5, 5.41) is 5.67. The van der Waals surface area contributed by atoms with E-state index in [1.807, 2.05) is 48.5 Å². The van der Waals surface area contributed by atoms with Gasteiger partial charge in [0.25, 0.3) is 11.8 Å². The number of likely N-dealkylation sites (N-methyl/N-ethyl adjacent to an activating group) is 1. The van der Waals surface area contributed by atoms with Crippen LogP contribution in [0.15, 0.2) is 24.3 Å². The van der Waals surface area contributed by atoms with Crippen LogP contribution < -0.4 is 15.4 Å². The molecule has 36 heavy (non-hydrogen) atoms. The highest BCUT2D eigenvalue weighted by atomic mass is 16.5. The lowest BCUT2D eigenvalue weighted by atomic mass is 10.0. The van der Waals surface area contributed by atoms with Gasteiger partial charge in [-0.25, -0.2) is 0 Å². The molecule has 1 aromatic carbocycles. The molecule has 0 aromatic heterocycles. The van der Waals surface area contributed by atoms with Crippen molar-refractivity contribution in [2.75, 3.05) is 20.2 Å². The molecule has 2 N–H and O–H groups in total. The van der Waals surface area contributed by atoms with Crippen molar-refractivity contribution in [3.05, 3.63) is 29.8 Å². The number of amides is 4. The Labute approximate surface area is 214 Å². The van der Waals surface area contributed by atoms with Crippen LogP contribution in [-0.4, -0.2) is 77.3 Å². The quantitative estimate of drug-likeness (QED) is 0.540. The summed E-state index contributed by atoms with van der Waals surface area (Å²) >= 11 is 0. The minimum Gasteiger partial charge on any atom is -0.483 e. The number of nitrogens with one attached hydrogen (secondary N) is 2. The summed E-state index contributed by atoms with van der Waals surface area (Å²) < 4.78 is 5.65. The van der Waals surface area contributed by atoms with Crippen molar-refractivity contribution in [2.24, 2.45) is 5.92 Å². The second-order valence-corrected chi connectivity index (χ2v) is 11.0. The van der Waals surface area contributed by atoms with Crippen molar-refractivity contribution in [3.63, 3.8) is 0 Å². The molecule has 1 heterocycles. The molecule has 2 atom stereocenters. The highest BCUT2D eigenvalue weighted by molar-refractivity contribution is 6.00. The van der Waals surface area contributed by atoms with Crippen molar-refractivity contribution in [2.45, 2.75) is 85.0 Å². The van der Waals surface area contributed by atoms with Gasteiger partial charge in [-0.15, -0.1) is 0 Å². The normalized spacial score (nSPS) is 16.6. The number of ether oxygens (including phenoxy) is 1. The van der Waals surface area contributed by atoms with Gasteiger partial charge in [0.2, 0.25) is 11.8 Å². The lowest BCUT2D eigenvalue weighted by Crippen LogP contribution is -2.55. The van der Waals surface area contributed by atoms with E-state index in [1.54, 1.807) is 41.1 Å². The minimum atomic E-state index is -0.812. The molecule has 0 spiro atoms. The third-order valence-electron chi connectivity index (χ3n) is 6.17. The summed E-state index contributed by atoms with van der Waals surface area (Å²) in [7, 11) is 1.74. The van der Waals surface area contributed by atoms with Gasteiger partial charge in [0.1, 0.15) is 17.8 Å². The maximum Gasteiger partial charge on any atom is 0.258 e. The molecular weight excluding hydrogens is 460 g/mol. The van der Waals surface area contributed by atoms with E-state index in [9.17, 15) is 19.2 Å². The fourth-order valence-electron chi connectivity index (χ4n) is 4.07. The third kappa shape index (κ3) is 7.70. The lowest BCUT2D eigenvalue weighted by molar-refractivity contribution is -0.145. The summed E-state index contributed by atoms with van der Waals surface area (Å²) in [6.45, 7) is 13.4. The Balaban J connectivity index is 2.16. The molecule has 4 amide bonds. The molecule has 2 rings (SSSR count). The van der Waals surface area contributed by atoms with Crippen molar-refractivity contribution in [1.82, 2.24) is 20.4 Å². The van der Waals surface area contributed by atoms with Gasteiger partial charge in [0, 0.05) is 25.2 Å². The third-order valence-corrected chi connectivity index (χ3v) is 6.17. The molecule has 1 aliphatic heterocycles. The Morgan fingerprint density at radius 1 is 1.11 bits per heavy atom. The van der Waals surface area contributed by atoms with Crippen LogP contribution in [0.4, 0.5) is 0 Å². The molecular formula is C27H42N4O5. The smallest absolute Gasteiger partial charge is 0.258 e. The molecule has 1 aromatic rings. The van der Waals surface area contributed by atoms with Crippen LogP contribution in [0.25, 0.3) is 0 Å². The average Bonchev–Trinajstić information content (AvgIpc) is 3.28. The molecule has 2 unspecified atom stereocenters. The van der Waals surface area contributed by atoms with E-state index in [0.29, 0.717) is 13.0 Å². The number of carbonyl (C=O) groups is 4. The molecule has 9 nitrogen and oxygen atoms in total. The molecule has 0 saturated carbocycles.